The maximum atomic E-state index is 12.4. The molecule has 1 aromatic rings. The third-order valence-corrected chi connectivity index (χ3v) is 3.85. The third kappa shape index (κ3) is 6.45. The Balaban J connectivity index is 1.89. The normalized spacial score (nSPS) is 18.1. The molecule has 1 N–H and O–H groups in total. The van der Waals surface area contributed by atoms with Crippen molar-refractivity contribution in [2.24, 2.45) is 0 Å². The Bertz CT molecular complexity index is 566. The Morgan fingerprint density at radius 2 is 2.12 bits per heavy atom. The average molecular weight is 360 g/mol. The second-order valence-corrected chi connectivity index (χ2v) is 5.90. The van der Waals surface area contributed by atoms with Crippen molar-refractivity contribution in [1.29, 1.82) is 0 Å². The molecule has 1 saturated heterocycles. The minimum atomic E-state index is -4.77. The predicted molar refractivity (Wildman–Crippen MR) is 86.2 cm³/mol. The maximum Gasteiger partial charge on any atom is 0.573 e. The lowest BCUT2D eigenvalue weighted by atomic mass is 10.1. The van der Waals surface area contributed by atoms with E-state index in [0.717, 1.165) is 19.3 Å². The van der Waals surface area contributed by atoms with Gasteiger partial charge in [-0.2, -0.15) is 0 Å². The summed E-state index contributed by atoms with van der Waals surface area (Å²) in [7, 11) is 0. The van der Waals surface area contributed by atoms with E-state index in [2.05, 4.69) is 10.1 Å². The van der Waals surface area contributed by atoms with Crippen LogP contribution in [0.1, 0.15) is 31.7 Å². The molecule has 25 heavy (non-hydrogen) atoms. The number of nitrogens with zero attached hydrogens (tertiary/aromatic N) is 1. The molecule has 1 aromatic carbocycles. The number of hydrogen-bond acceptors (Lipinski definition) is 3. The summed E-state index contributed by atoms with van der Waals surface area (Å²) in [5.74, 6) is -0.307. The summed E-state index contributed by atoms with van der Waals surface area (Å²) in [5.41, 5.74) is 0.268. The van der Waals surface area contributed by atoms with Crippen LogP contribution in [0.5, 0.6) is 5.75 Å². The number of piperidine rings is 1. The molecular formula is C17H23F3N2O3. The third-order valence-electron chi connectivity index (χ3n) is 3.85. The highest BCUT2D eigenvalue weighted by atomic mass is 19.4. The van der Waals surface area contributed by atoms with Gasteiger partial charge in [-0.1, -0.05) is 25.1 Å². The van der Waals surface area contributed by atoms with Crippen molar-refractivity contribution in [1.82, 2.24) is 10.2 Å². The zero-order valence-corrected chi connectivity index (χ0v) is 14.1. The van der Waals surface area contributed by atoms with E-state index in [0.29, 0.717) is 19.7 Å². The minimum Gasteiger partial charge on any atom is -0.405 e. The molecule has 5 nitrogen and oxygen atoms in total. The molecule has 2 rings (SSSR count). The van der Waals surface area contributed by atoms with Crippen LogP contribution >= 0.6 is 0 Å². The molecule has 2 amide bonds. The van der Waals surface area contributed by atoms with E-state index in [1.807, 2.05) is 6.92 Å². The molecule has 1 heterocycles. The number of alkyl halides is 3. The first kappa shape index (κ1) is 19.4. The van der Waals surface area contributed by atoms with Crippen molar-refractivity contribution in [2.45, 2.75) is 45.2 Å². The van der Waals surface area contributed by atoms with Crippen LogP contribution < -0.4 is 10.1 Å². The van der Waals surface area contributed by atoms with Gasteiger partial charge in [0, 0.05) is 31.8 Å². The lowest BCUT2D eigenvalue weighted by molar-refractivity contribution is -0.274. The van der Waals surface area contributed by atoms with Gasteiger partial charge < -0.3 is 19.7 Å². The number of carbonyl (C=O) groups excluding carboxylic acids is 1. The molecular weight excluding hydrogens is 337 g/mol. The van der Waals surface area contributed by atoms with Gasteiger partial charge in [0.2, 0.25) is 0 Å². The lowest BCUT2D eigenvalue weighted by Gasteiger charge is -2.32. The van der Waals surface area contributed by atoms with Crippen LogP contribution in [0.15, 0.2) is 24.3 Å². The van der Waals surface area contributed by atoms with Gasteiger partial charge in [-0.15, -0.1) is 13.2 Å². The first-order chi connectivity index (χ1) is 11.9. The van der Waals surface area contributed by atoms with Gasteiger partial charge in [0.1, 0.15) is 5.75 Å². The number of benzene rings is 1. The van der Waals surface area contributed by atoms with Crippen molar-refractivity contribution in [2.75, 3.05) is 19.7 Å². The molecule has 1 aliphatic rings. The fraction of sp³-hybridized carbons (Fsp3) is 0.588. The standard InChI is InChI=1S/C17H23F3N2O3/c1-2-10-24-14-7-5-9-22(12-14)16(23)21-11-13-6-3-4-8-15(13)25-17(18,19)20/h3-4,6,8,14H,2,5,7,9-12H2,1H3,(H,21,23)/t14-/m0/s1. The number of urea groups is 1. The van der Waals surface area contributed by atoms with Crippen LogP contribution in [-0.4, -0.2) is 43.1 Å². The van der Waals surface area contributed by atoms with Crippen molar-refractivity contribution in [3.8, 4) is 5.75 Å². The molecule has 0 bridgehead atoms. The average Bonchev–Trinajstić information content (AvgIpc) is 2.58. The SMILES string of the molecule is CCCO[C@H]1CCCN(C(=O)NCc2ccccc2OC(F)(F)F)C1. The molecule has 0 saturated carbocycles. The largest absolute Gasteiger partial charge is 0.573 e. The quantitative estimate of drug-likeness (QED) is 0.842. The molecule has 1 atom stereocenters. The number of ether oxygens (including phenoxy) is 2. The number of rotatable bonds is 6. The van der Waals surface area contributed by atoms with E-state index < -0.39 is 6.36 Å². The van der Waals surface area contributed by atoms with E-state index in [1.54, 1.807) is 11.0 Å². The fourth-order valence-corrected chi connectivity index (χ4v) is 2.70. The van der Waals surface area contributed by atoms with E-state index in [9.17, 15) is 18.0 Å². The van der Waals surface area contributed by atoms with Crippen LogP contribution in [0.4, 0.5) is 18.0 Å². The van der Waals surface area contributed by atoms with Gasteiger partial charge in [-0.3, -0.25) is 0 Å². The van der Waals surface area contributed by atoms with Crippen LogP contribution in [-0.2, 0) is 11.3 Å². The van der Waals surface area contributed by atoms with Crippen molar-refractivity contribution >= 4 is 6.03 Å². The van der Waals surface area contributed by atoms with E-state index in [1.165, 1.54) is 18.2 Å². The highest BCUT2D eigenvalue weighted by Gasteiger charge is 2.32. The van der Waals surface area contributed by atoms with Gasteiger partial charge in [0.25, 0.3) is 0 Å². The highest BCUT2D eigenvalue weighted by molar-refractivity contribution is 5.74. The second kappa shape index (κ2) is 8.94. The molecule has 0 radical (unpaired) electrons. The van der Waals surface area contributed by atoms with Gasteiger partial charge in [0.15, 0.2) is 0 Å². The van der Waals surface area contributed by atoms with Gasteiger partial charge in [-0.05, 0) is 25.3 Å². The number of halogens is 3. The summed E-state index contributed by atoms with van der Waals surface area (Å²) in [6.07, 6.45) is -2.09. The summed E-state index contributed by atoms with van der Waals surface area (Å²) in [6, 6.07) is 5.45. The number of likely N-dealkylation sites (tertiary alicyclic amines) is 1. The number of hydrogen-bond donors (Lipinski definition) is 1. The smallest absolute Gasteiger partial charge is 0.405 e. The van der Waals surface area contributed by atoms with Crippen LogP contribution in [0.2, 0.25) is 0 Å². The van der Waals surface area contributed by atoms with Crippen molar-refractivity contribution in [3.05, 3.63) is 29.8 Å². The van der Waals surface area contributed by atoms with Crippen molar-refractivity contribution < 1.29 is 27.4 Å². The summed E-state index contributed by atoms with van der Waals surface area (Å²) in [5, 5.41) is 2.66. The summed E-state index contributed by atoms with van der Waals surface area (Å²) < 4.78 is 46.9. The predicted octanol–water partition coefficient (Wildman–Crippen LogP) is 3.69. The van der Waals surface area contributed by atoms with Crippen molar-refractivity contribution in [3.63, 3.8) is 0 Å². The Morgan fingerprint density at radius 3 is 2.84 bits per heavy atom. The molecule has 0 aliphatic carbocycles. The van der Waals surface area contributed by atoms with Gasteiger partial charge >= 0.3 is 12.4 Å². The lowest BCUT2D eigenvalue weighted by Crippen LogP contribution is -2.47. The summed E-state index contributed by atoms with van der Waals surface area (Å²) in [4.78, 5) is 13.9. The first-order valence-electron chi connectivity index (χ1n) is 8.37. The number of nitrogens with one attached hydrogen (secondary N) is 1. The number of para-hydroxylation sites is 1. The topological polar surface area (TPSA) is 50.8 Å². The molecule has 0 unspecified atom stereocenters. The zero-order valence-electron chi connectivity index (χ0n) is 14.1. The van der Waals surface area contributed by atoms with Gasteiger partial charge in [0.05, 0.1) is 6.10 Å². The molecule has 0 spiro atoms. The first-order valence-corrected chi connectivity index (χ1v) is 8.37. The summed E-state index contributed by atoms with van der Waals surface area (Å²) in [6.45, 7) is 3.74. The fourth-order valence-electron chi connectivity index (χ4n) is 2.70. The van der Waals surface area contributed by atoms with E-state index >= 15 is 0 Å². The monoisotopic (exact) mass is 360 g/mol. The number of carbonyl (C=O) groups is 1. The van der Waals surface area contributed by atoms with Crippen LogP contribution in [0.3, 0.4) is 0 Å². The second-order valence-electron chi connectivity index (χ2n) is 5.90. The van der Waals surface area contributed by atoms with Gasteiger partial charge in [-0.25, -0.2) is 4.79 Å². The van der Waals surface area contributed by atoms with Crippen LogP contribution in [0, 0.1) is 0 Å². The number of amides is 2. The molecule has 1 fully saturated rings. The Hall–Kier alpha value is -1.96. The summed E-state index contributed by atoms with van der Waals surface area (Å²) >= 11 is 0. The Kier molecular flexibility index (Phi) is 6.92. The Morgan fingerprint density at radius 1 is 1.36 bits per heavy atom. The molecule has 0 aromatic heterocycles. The van der Waals surface area contributed by atoms with E-state index in [4.69, 9.17) is 4.74 Å². The maximum absolute atomic E-state index is 12.4. The highest BCUT2D eigenvalue weighted by Crippen LogP contribution is 2.26. The molecule has 1 aliphatic heterocycles. The minimum absolute atomic E-state index is 0.0142. The Labute approximate surface area is 145 Å². The van der Waals surface area contributed by atoms with E-state index in [-0.39, 0.29) is 30.0 Å². The molecule has 8 heteroatoms. The van der Waals surface area contributed by atoms with Crippen LogP contribution in [0.25, 0.3) is 0 Å². The molecule has 140 valence electrons. The zero-order chi connectivity index (χ0) is 18.3.